The summed E-state index contributed by atoms with van der Waals surface area (Å²) in [6, 6.07) is 5.11. The largest absolute Gasteiger partial charge is 0.469 e. The monoisotopic (exact) mass is 404 g/mol. The summed E-state index contributed by atoms with van der Waals surface area (Å²) in [7, 11) is 1.72. The number of anilines is 1. The molecule has 9 heteroatoms. The van der Waals surface area contributed by atoms with Gasteiger partial charge in [0.05, 0.1) is 23.9 Å². The summed E-state index contributed by atoms with van der Waals surface area (Å²) >= 11 is 7.03. The highest BCUT2D eigenvalue weighted by Crippen LogP contribution is 2.19. The minimum atomic E-state index is -0.291. The number of rotatable bonds is 6. The van der Waals surface area contributed by atoms with E-state index in [1.807, 2.05) is 6.07 Å². The number of thiazole rings is 1. The maximum Gasteiger partial charge on any atom is 0.260 e. The van der Waals surface area contributed by atoms with E-state index in [9.17, 15) is 9.59 Å². The molecule has 0 aliphatic rings. The van der Waals surface area contributed by atoms with E-state index in [0.29, 0.717) is 33.8 Å². The number of nitrogens with one attached hydrogen (secondary N) is 1. The predicted octanol–water partition coefficient (Wildman–Crippen LogP) is 3.55. The van der Waals surface area contributed by atoms with E-state index in [0.717, 1.165) is 5.56 Å². The van der Waals surface area contributed by atoms with Gasteiger partial charge in [-0.05, 0) is 24.6 Å². The summed E-state index contributed by atoms with van der Waals surface area (Å²) in [5.74, 6) is 0.164. The van der Waals surface area contributed by atoms with Crippen LogP contribution in [0.5, 0.6) is 0 Å². The maximum absolute atomic E-state index is 12.4. The molecule has 0 radical (unpaired) electrons. The molecule has 2 amide bonds. The van der Waals surface area contributed by atoms with Crippen LogP contribution in [0.1, 0.15) is 27.4 Å². The average molecular weight is 405 g/mol. The van der Waals surface area contributed by atoms with Crippen molar-refractivity contribution in [1.29, 1.82) is 0 Å². The first-order valence-corrected chi connectivity index (χ1v) is 9.32. The number of amides is 2. The Kier molecular flexibility index (Phi) is 5.88. The predicted molar refractivity (Wildman–Crippen MR) is 103 cm³/mol. The smallest absolute Gasteiger partial charge is 0.260 e. The summed E-state index contributed by atoms with van der Waals surface area (Å²) in [5, 5.41) is 5.32. The van der Waals surface area contributed by atoms with Crippen LogP contribution in [0.2, 0.25) is 5.15 Å². The molecule has 0 saturated heterocycles. The van der Waals surface area contributed by atoms with Crippen molar-refractivity contribution in [3.8, 4) is 0 Å². The Morgan fingerprint density at radius 2 is 2.15 bits per heavy atom. The van der Waals surface area contributed by atoms with Gasteiger partial charge in [-0.1, -0.05) is 17.7 Å². The van der Waals surface area contributed by atoms with Gasteiger partial charge in [-0.15, -0.1) is 11.3 Å². The van der Waals surface area contributed by atoms with Gasteiger partial charge in [0.25, 0.3) is 5.91 Å². The van der Waals surface area contributed by atoms with E-state index in [2.05, 4.69) is 15.3 Å². The van der Waals surface area contributed by atoms with Crippen molar-refractivity contribution in [3.63, 3.8) is 0 Å². The van der Waals surface area contributed by atoms with E-state index in [-0.39, 0.29) is 18.2 Å². The van der Waals surface area contributed by atoms with Crippen LogP contribution in [0.3, 0.4) is 0 Å². The SMILES string of the molecule is Cc1occc1C(=O)Nc1nc(CC(=O)N(C)Cc2ccc(Cl)nc2)cs1. The second kappa shape index (κ2) is 8.32. The highest BCUT2D eigenvalue weighted by molar-refractivity contribution is 7.14. The minimum Gasteiger partial charge on any atom is -0.469 e. The van der Waals surface area contributed by atoms with Crippen molar-refractivity contribution >= 4 is 39.9 Å². The number of likely N-dealkylation sites (N-methyl/N-ethyl adjacent to an activating group) is 1. The quantitative estimate of drug-likeness (QED) is 0.635. The minimum absolute atomic E-state index is 0.0844. The Labute approximate surface area is 165 Å². The van der Waals surface area contributed by atoms with Crippen LogP contribution in [-0.4, -0.2) is 33.7 Å². The van der Waals surface area contributed by atoms with Crippen molar-refractivity contribution in [2.75, 3.05) is 12.4 Å². The first-order chi connectivity index (χ1) is 12.9. The van der Waals surface area contributed by atoms with Crippen LogP contribution >= 0.6 is 22.9 Å². The van der Waals surface area contributed by atoms with Crippen LogP contribution < -0.4 is 5.32 Å². The number of aryl methyl sites for hydroxylation is 1. The van der Waals surface area contributed by atoms with Crippen molar-refractivity contribution in [2.45, 2.75) is 19.9 Å². The maximum atomic E-state index is 12.4. The van der Waals surface area contributed by atoms with Gasteiger partial charge in [-0.2, -0.15) is 0 Å². The Hall–Kier alpha value is -2.71. The molecular formula is C18H17ClN4O3S. The van der Waals surface area contributed by atoms with Gasteiger partial charge in [0, 0.05) is 25.2 Å². The molecule has 0 atom stereocenters. The summed E-state index contributed by atoms with van der Waals surface area (Å²) < 4.78 is 5.12. The molecule has 0 aliphatic heterocycles. The molecule has 1 N–H and O–H groups in total. The summed E-state index contributed by atoms with van der Waals surface area (Å²) in [6.45, 7) is 2.14. The molecule has 27 heavy (non-hydrogen) atoms. The highest BCUT2D eigenvalue weighted by atomic mass is 35.5. The lowest BCUT2D eigenvalue weighted by Crippen LogP contribution is -2.27. The van der Waals surface area contributed by atoms with E-state index >= 15 is 0 Å². The third kappa shape index (κ3) is 4.93. The fourth-order valence-electron chi connectivity index (χ4n) is 2.38. The van der Waals surface area contributed by atoms with Crippen LogP contribution in [-0.2, 0) is 17.8 Å². The van der Waals surface area contributed by atoms with E-state index in [1.54, 1.807) is 42.6 Å². The molecule has 0 aliphatic carbocycles. The van der Waals surface area contributed by atoms with Crippen LogP contribution in [0.15, 0.2) is 40.5 Å². The lowest BCUT2D eigenvalue weighted by Gasteiger charge is -2.16. The van der Waals surface area contributed by atoms with Crippen molar-refractivity contribution < 1.29 is 14.0 Å². The number of carbonyl (C=O) groups is 2. The summed E-state index contributed by atoms with van der Waals surface area (Å²) in [6.07, 6.45) is 3.25. The molecule has 0 spiro atoms. The van der Waals surface area contributed by atoms with Crippen LogP contribution in [0.25, 0.3) is 0 Å². The van der Waals surface area contributed by atoms with Crippen molar-refractivity contribution in [2.24, 2.45) is 0 Å². The topological polar surface area (TPSA) is 88.3 Å². The summed E-state index contributed by atoms with van der Waals surface area (Å²) in [4.78, 5) is 34.5. The Morgan fingerprint density at radius 3 is 2.81 bits per heavy atom. The molecule has 0 saturated carbocycles. The molecule has 3 heterocycles. The fourth-order valence-corrected chi connectivity index (χ4v) is 3.20. The number of halogens is 1. The second-order valence-electron chi connectivity index (χ2n) is 5.90. The molecule has 0 bridgehead atoms. The number of pyridine rings is 1. The van der Waals surface area contributed by atoms with E-state index in [1.165, 1.54) is 17.6 Å². The molecule has 3 aromatic heterocycles. The molecule has 3 rings (SSSR count). The van der Waals surface area contributed by atoms with Gasteiger partial charge in [0.1, 0.15) is 10.9 Å². The lowest BCUT2D eigenvalue weighted by molar-refractivity contribution is -0.129. The van der Waals surface area contributed by atoms with Gasteiger partial charge in [-0.25, -0.2) is 9.97 Å². The fraction of sp³-hybridized carbons (Fsp3) is 0.222. The molecule has 3 aromatic rings. The summed E-state index contributed by atoms with van der Waals surface area (Å²) in [5.41, 5.74) is 1.95. The molecule has 7 nitrogen and oxygen atoms in total. The second-order valence-corrected chi connectivity index (χ2v) is 7.15. The zero-order valence-corrected chi connectivity index (χ0v) is 16.3. The number of hydrogen-bond acceptors (Lipinski definition) is 6. The van der Waals surface area contributed by atoms with Crippen molar-refractivity contribution in [1.82, 2.24) is 14.9 Å². The van der Waals surface area contributed by atoms with E-state index < -0.39 is 0 Å². The lowest BCUT2D eigenvalue weighted by atomic mass is 10.2. The normalized spacial score (nSPS) is 10.6. The zero-order valence-electron chi connectivity index (χ0n) is 14.7. The van der Waals surface area contributed by atoms with Gasteiger partial charge < -0.3 is 9.32 Å². The number of aromatic nitrogens is 2. The molecule has 0 aromatic carbocycles. The Bertz CT molecular complexity index is 952. The molecule has 0 unspecified atom stereocenters. The Morgan fingerprint density at radius 1 is 1.33 bits per heavy atom. The first-order valence-electron chi connectivity index (χ1n) is 8.06. The standard InChI is InChI=1S/C18H17ClN4O3S/c1-11-14(5-6-26-11)17(25)22-18-21-13(10-27-18)7-16(24)23(2)9-12-3-4-15(19)20-8-12/h3-6,8,10H,7,9H2,1-2H3,(H,21,22,25). The average Bonchev–Trinajstić information content (AvgIpc) is 3.25. The molecule has 140 valence electrons. The number of hydrogen-bond donors (Lipinski definition) is 1. The number of carbonyl (C=O) groups excluding carboxylic acids is 2. The van der Waals surface area contributed by atoms with Gasteiger partial charge in [-0.3, -0.25) is 14.9 Å². The zero-order chi connectivity index (χ0) is 19.4. The number of nitrogens with zero attached hydrogens (tertiary/aromatic N) is 3. The number of furan rings is 1. The third-order valence-corrected chi connectivity index (χ3v) is 4.87. The van der Waals surface area contributed by atoms with Crippen LogP contribution in [0.4, 0.5) is 5.13 Å². The third-order valence-electron chi connectivity index (χ3n) is 3.84. The highest BCUT2D eigenvalue weighted by Gasteiger charge is 2.16. The first kappa shape index (κ1) is 19.1. The van der Waals surface area contributed by atoms with Gasteiger partial charge in [0.15, 0.2) is 5.13 Å². The van der Waals surface area contributed by atoms with Crippen molar-refractivity contribution in [3.05, 3.63) is 63.8 Å². The van der Waals surface area contributed by atoms with Crippen LogP contribution in [0, 0.1) is 6.92 Å². The van der Waals surface area contributed by atoms with E-state index in [4.69, 9.17) is 16.0 Å². The molecular weight excluding hydrogens is 388 g/mol. The van der Waals surface area contributed by atoms with Gasteiger partial charge >= 0.3 is 0 Å². The Balaban J connectivity index is 1.56. The van der Waals surface area contributed by atoms with Gasteiger partial charge in [0.2, 0.25) is 5.91 Å². The molecule has 0 fully saturated rings.